The third-order valence-electron chi connectivity index (χ3n) is 6.53. The summed E-state index contributed by atoms with van der Waals surface area (Å²) in [5.74, 6) is -0.280. The maximum Gasteiger partial charge on any atom is 0.247 e. The Kier molecular flexibility index (Phi) is 5.06. The first-order valence-corrected chi connectivity index (χ1v) is 11.4. The molecule has 2 aliphatic rings. The second-order valence-electron chi connectivity index (χ2n) is 8.52. The number of amides is 1. The molecule has 5 heterocycles. The smallest absolute Gasteiger partial charge is 0.247 e. The zero-order valence-corrected chi connectivity index (χ0v) is 19.0. The van der Waals surface area contributed by atoms with Crippen LogP contribution in [-0.2, 0) is 4.79 Å². The first kappa shape index (κ1) is 21.4. The van der Waals surface area contributed by atoms with Crippen LogP contribution in [0.25, 0.3) is 22.5 Å². The number of carbonyl (C=O) groups excluding carboxylic acids is 1. The van der Waals surface area contributed by atoms with Gasteiger partial charge in [0.25, 0.3) is 0 Å². The largest absolute Gasteiger partial charge is 0.381 e. The van der Waals surface area contributed by atoms with Gasteiger partial charge in [0.2, 0.25) is 5.91 Å². The van der Waals surface area contributed by atoms with Gasteiger partial charge in [0.15, 0.2) is 11.6 Å². The van der Waals surface area contributed by atoms with Crippen molar-refractivity contribution in [2.75, 3.05) is 5.73 Å². The Hall–Kier alpha value is -4.12. The van der Waals surface area contributed by atoms with Crippen LogP contribution < -0.4 is 5.73 Å². The maximum atomic E-state index is 14.4. The first-order valence-electron chi connectivity index (χ1n) is 11.0. The summed E-state index contributed by atoms with van der Waals surface area (Å²) in [7, 11) is 0. The number of anilines is 1. The number of carbonyl (C=O) groups is 1. The highest BCUT2D eigenvalue weighted by Gasteiger charge is 2.41. The number of aromatic amines is 1. The van der Waals surface area contributed by atoms with Crippen LogP contribution in [-0.4, -0.2) is 52.0 Å². The Morgan fingerprint density at radius 3 is 2.89 bits per heavy atom. The number of imidazole rings is 1. The number of halogens is 2. The number of nitrogens with zero attached hydrogens (tertiary/aromatic N) is 7. The van der Waals surface area contributed by atoms with Gasteiger partial charge in [0, 0.05) is 34.5 Å². The summed E-state index contributed by atoms with van der Waals surface area (Å²) >= 11 is 6.29. The van der Waals surface area contributed by atoms with Crippen molar-refractivity contribution in [1.82, 2.24) is 40.1 Å². The van der Waals surface area contributed by atoms with Crippen molar-refractivity contribution < 1.29 is 9.18 Å². The summed E-state index contributed by atoms with van der Waals surface area (Å²) in [5.41, 5.74) is 8.81. The molecular formula is C23H19ClFN9O. The molecule has 1 saturated heterocycles. The van der Waals surface area contributed by atoms with E-state index in [2.05, 4.69) is 30.5 Å². The highest BCUT2D eigenvalue weighted by atomic mass is 35.5. The lowest BCUT2D eigenvalue weighted by molar-refractivity contribution is -0.129. The van der Waals surface area contributed by atoms with Crippen LogP contribution in [0.2, 0.25) is 5.02 Å². The lowest BCUT2D eigenvalue weighted by atomic mass is 9.92. The van der Waals surface area contributed by atoms with Crippen molar-refractivity contribution in [1.29, 1.82) is 0 Å². The molecule has 0 aliphatic carbocycles. The summed E-state index contributed by atoms with van der Waals surface area (Å²) in [4.78, 5) is 26.6. The third-order valence-corrected chi connectivity index (χ3v) is 6.76. The van der Waals surface area contributed by atoms with E-state index in [-0.39, 0.29) is 29.4 Å². The zero-order chi connectivity index (χ0) is 24.1. The van der Waals surface area contributed by atoms with Gasteiger partial charge in [-0.25, -0.2) is 14.4 Å². The van der Waals surface area contributed by atoms with Gasteiger partial charge in [-0.2, -0.15) is 4.68 Å². The van der Waals surface area contributed by atoms with Crippen molar-refractivity contribution >= 4 is 28.9 Å². The van der Waals surface area contributed by atoms with Crippen LogP contribution in [0.4, 0.5) is 10.2 Å². The Labute approximate surface area is 203 Å². The number of tetrazole rings is 1. The molecule has 3 aromatic heterocycles. The average molecular weight is 492 g/mol. The van der Waals surface area contributed by atoms with Gasteiger partial charge in [0.1, 0.15) is 12.2 Å². The fourth-order valence-corrected chi connectivity index (χ4v) is 5.13. The average Bonchev–Trinajstić information content (AvgIpc) is 3.61. The number of pyridine rings is 1. The quantitative estimate of drug-likeness (QED) is 0.447. The summed E-state index contributed by atoms with van der Waals surface area (Å²) in [5, 5.41) is 12.0. The number of aromatic nitrogens is 7. The molecule has 10 nitrogen and oxygen atoms in total. The van der Waals surface area contributed by atoms with Crippen LogP contribution in [0.15, 0.2) is 49.1 Å². The third kappa shape index (κ3) is 3.64. The minimum Gasteiger partial charge on any atom is -0.381 e. The Morgan fingerprint density at radius 1 is 1.17 bits per heavy atom. The molecule has 0 radical (unpaired) electrons. The van der Waals surface area contributed by atoms with Crippen LogP contribution in [0.1, 0.15) is 36.7 Å². The van der Waals surface area contributed by atoms with Crippen molar-refractivity contribution in [3.05, 3.63) is 71.3 Å². The number of nitrogens with two attached hydrogens (primary N) is 1. The first-order chi connectivity index (χ1) is 17.0. The fraction of sp³-hybridized carbons (Fsp3) is 0.217. The van der Waals surface area contributed by atoms with E-state index in [1.54, 1.807) is 23.0 Å². The van der Waals surface area contributed by atoms with Crippen molar-refractivity contribution in [2.24, 2.45) is 0 Å². The monoisotopic (exact) mass is 491 g/mol. The predicted molar refractivity (Wildman–Crippen MR) is 126 cm³/mol. The maximum absolute atomic E-state index is 14.4. The number of hydrogen-bond acceptors (Lipinski definition) is 7. The lowest BCUT2D eigenvalue weighted by Gasteiger charge is -2.33. The number of nitrogens with one attached hydrogen (secondary N) is 1. The Bertz CT molecular complexity index is 1470. The summed E-state index contributed by atoms with van der Waals surface area (Å²) in [6.45, 7) is 0. The number of rotatable bonds is 4. The molecule has 0 bridgehead atoms. The second-order valence-corrected chi connectivity index (χ2v) is 8.96. The molecule has 12 heteroatoms. The molecule has 6 rings (SSSR count). The molecule has 176 valence electrons. The minimum atomic E-state index is -0.603. The number of H-pyrrole nitrogens is 1. The SMILES string of the molecule is Nc1nccc(-c2cnc(C3CCC4CC(c5cc(Cl)ccc5-n5cnnn5)=CC(=O)N43)[nH]2)c1F. The molecule has 2 atom stereocenters. The molecule has 4 aromatic rings. The van der Waals surface area contributed by atoms with Gasteiger partial charge in [-0.1, -0.05) is 11.6 Å². The molecule has 2 aliphatic heterocycles. The van der Waals surface area contributed by atoms with E-state index in [9.17, 15) is 9.18 Å². The van der Waals surface area contributed by atoms with Crippen molar-refractivity contribution in [3.63, 3.8) is 0 Å². The normalized spacial score (nSPS) is 19.7. The molecule has 0 saturated carbocycles. The molecule has 2 unspecified atom stereocenters. The van der Waals surface area contributed by atoms with E-state index in [0.717, 1.165) is 29.7 Å². The Balaban J connectivity index is 1.31. The van der Waals surface area contributed by atoms with Gasteiger partial charge < -0.3 is 15.6 Å². The number of nitrogen functional groups attached to an aromatic ring is 1. The summed E-state index contributed by atoms with van der Waals surface area (Å²) < 4.78 is 16.0. The number of benzene rings is 1. The van der Waals surface area contributed by atoms with Gasteiger partial charge in [-0.3, -0.25) is 4.79 Å². The summed E-state index contributed by atoms with van der Waals surface area (Å²) in [6.07, 6.45) is 8.34. The zero-order valence-electron chi connectivity index (χ0n) is 18.3. The van der Waals surface area contributed by atoms with E-state index in [1.165, 1.54) is 18.6 Å². The van der Waals surface area contributed by atoms with Gasteiger partial charge >= 0.3 is 0 Å². The fourth-order valence-electron chi connectivity index (χ4n) is 4.96. The van der Waals surface area contributed by atoms with E-state index >= 15 is 0 Å². The highest BCUT2D eigenvalue weighted by Crippen LogP contribution is 2.43. The van der Waals surface area contributed by atoms with E-state index in [1.807, 2.05) is 17.0 Å². The van der Waals surface area contributed by atoms with Crippen LogP contribution >= 0.6 is 11.6 Å². The molecule has 35 heavy (non-hydrogen) atoms. The van der Waals surface area contributed by atoms with Crippen molar-refractivity contribution in [2.45, 2.75) is 31.3 Å². The number of hydrogen-bond donors (Lipinski definition) is 2. The molecule has 0 spiro atoms. The van der Waals surface area contributed by atoms with Crippen LogP contribution in [0, 0.1) is 5.82 Å². The highest BCUT2D eigenvalue weighted by molar-refractivity contribution is 6.30. The van der Waals surface area contributed by atoms with E-state index in [4.69, 9.17) is 17.3 Å². The van der Waals surface area contributed by atoms with Crippen LogP contribution in [0.3, 0.4) is 0 Å². The van der Waals surface area contributed by atoms with Crippen molar-refractivity contribution in [3.8, 4) is 16.9 Å². The Morgan fingerprint density at radius 2 is 2.06 bits per heavy atom. The number of fused-ring (bicyclic) bond motifs is 1. The molecule has 1 aromatic carbocycles. The second kappa shape index (κ2) is 8.27. The van der Waals surface area contributed by atoms with E-state index < -0.39 is 5.82 Å². The van der Waals surface area contributed by atoms with Gasteiger partial charge in [0.05, 0.1) is 23.6 Å². The van der Waals surface area contributed by atoms with Crippen LogP contribution in [0.5, 0.6) is 0 Å². The molecule has 1 amide bonds. The minimum absolute atomic E-state index is 0.00458. The topological polar surface area (TPSA) is 132 Å². The van der Waals surface area contributed by atoms with Gasteiger partial charge in [-0.15, -0.1) is 5.10 Å². The predicted octanol–water partition coefficient (Wildman–Crippen LogP) is 3.34. The standard InChI is InChI=1S/C23H19ClFN9O/c24-13-1-3-18(33-11-29-31-32-33)16(9-13)12-7-14-2-4-19(34(14)20(35)8-12)23-28-10-17(30-23)15-5-6-27-22(26)21(15)25/h1,3,5-6,8-11,14,19H,2,4,7H2,(H2,26,27)(H,28,30). The lowest BCUT2D eigenvalue weighted by Crippen LogP contribution is -2.39. The van der Waals surface area contributed by atoms with Gasteiger partial charge in [-0.05, 0) is 59.5 Å². The molecular weight excluding hydrogens is 473 g/mol. The molecule has 3 N–H and O–H groups in total. The molecule has 1 fully saturated rings. The van der Waals surface area contributed by atoms with E-state index in [0.29, 0.717) is 23.0 Å². The summed E-state index contributed by atoms with van der Waals surface area (Å²) in [6, 6.07) is 6.72.